The molecule has 2 heterocycles. The van der Waals surface area contributed by atoms with Gasteiger partial charge in [-0.3, -0.25) is 4.98 Å². The lowest BCUT2D eigenvalue weighted by Crippen LogP contribution is -2.33. The Labute approximate surface area is 140 Å². The molecular weight excluding hydrogens is 340 g/mol. The Bertz CT molecular complexity index is 596. The largest absolute Gasteiger partial charge is 0.380 e. The molecule has 1 aromatic carbocycles. The zero-order chi connectivity index (χ0) is 15.4. The van der Waals surface area contributed by atoms with Gasteiger partial charge in [-0.15, -0.1) is 0 Å². The first kappa shape index (κ1) is 15.7. The standard InChI is InChI=1S/C18H21BrN2O/c19-17-7-5-15(6-8-17)18(22,16-4-3-10-20-14-16)9-13-21-11-1-2-12-21/h3-8,10,14,22H,1-2,9,11-13H2. The highest BCUT2D eigenvalue weighted by molar-refractivity contribution is 9.10. The Kier molecular flexibility index (Phi) is 4.91. The van der Waals surface area contributed by atoms with E-state index in [1.54, 1.807) is 12.4 Å². The van der Waals surface area contributed by atoms with Gasteiger partial charge in [-0.2, -0.15) is 0 Å². The Balaban J connectivity index is 1.88. The van der Waals surface area contributed by atoms with Gasteiger partial charge in [0.1, 0.15) is 5.60 Å². The lowest BCUT2D eigenvalue weighted by molar-refractivity contribution is 0.0599. The highest BCUT2D eigenvalue weighted by atomic mass is 79.9. The fourth-order valence-electron chi connectivity index (χ4n) is 3.11. The van der Waals surface area contributed by atoms with Gasteiger partial charge >= 0.3 is 0 Å². The van der Waals surface area contributed by atoms with Crippen LogP contribution in [0.25, 0.3) is 0 Å². The topological polar surface area (TPSA) is 36.4 Å². The molecule has 1 unspecified atom stereocenters. The van der Waals surface area contributed by atoms with Crippen molar-refractivity contribution >= 4 is 15.9 Å². The predicted octanol–water partition coefficient (Wildman–Crippen LogP) is 3.57. The third-order valence-electron chi connectivity index (χ3n) is 4.45. The molecule has 3 nitrogen and oxygen atoms in total. The summed E-state index contributed by atoms with van der Waals surface area (Å²) in [5.41, 5.74) is 0.789. The molecule has 22 heavy (non-hydrogen) atoms. The zero-order valence-corrected chi connectivity index (χ0v) is 14.2. The fraction of sp³-hybridized carbons (Fsp3) is 0.389. The van der Waals surface area contributed by atoms with Gasteiger partial charge in [0.15, 0.2) is 0 Å². The van der Waals surface area contributed by atoms with Gasteiger partial charge in [-0.05, 0) is 56.1 Å². The summed E-state index contributed by atoms with van der Waals surface area (Å²) < 4.78 is 1.02. The molecule has 1 fully saturated rings. The van der Waals surface area contributed by atoms with E-state index in [2.05, 4.69) is 25.8 Å². The molecule has 1 N–H and O–H groups in total. The molecule has 1 saturated heterocycles. The number of nitrogens with zero attached hydrogens (tertiary/aromatic N) is 2. The molecule has 0 amide bonds. The Morgan fingerprint density at radius 2 is 1.82 bits per heavy atom. The Hall–Kier alpha value is -1.23. The van der Waals surface area contributed by atoms with Crippen molar-refractivity contribution in [3.63, 3.8) is 0 Å². The highest BCUT2D eigenvalue weighted by Crippen LogP contribution is 2.33. The van der Waals surface area contributed by atoms with Gasteiger partial charge in [-0.25, -0.2) is 0 Å². The van der Waals surface area contributed by atoms with E-state index in [1.807, 2.05) is 36.4 Å². The van der Waals surface area contributed by atoms with Crippen LogP contribution in [0.5, 0.6) is 0 Å². The van der Waals surface area contributed by atoms with E-state index in [0.717, 1.165) is 35.2 Å². The van der Waals surface area contributed by atoms with Crippen LogP contribution >= 0.6 is 15.9 Å². The number of benzene rings is 1. The minimum Gasteiger partial charge on any atom is -0.380 e. The first-order valence-electron chi connectivity index (χ1n) is 7.80. The Morgan fingerprint density at radius 3 is 2.45 bits per heavy atom. The van der Waals surface area contributed by atoms with E-state index in [1.165, 1.54) is 12.8 Å². The number of rotatable bonds is 5. The molecular formula is C18H21BrN2O. The molecule has 0 radical (unpaired) electrons. The first-order chi connectivity index (χ1) is 10.7. The second kappa shape index (κ2) is 6.90. The van der Waals surface area contributed by atoms with Gasteiger partial charge in [-0.1, -0.05) is 34.1 Å². The lowest BCUT2D eigenvalue weighted by atomic mass is 9.84. The third-order valence-corrected chi connectivity index (χ3v) is 4.98. The summed E-state index contributed by atoms with van der Waals surface area (Å²) in [5, 5.41) is 11.4. The molecule has 0 bridgehead atoms. The quantitative estimate of drug-likeness (QED) is 0.885. The zero-order valence-electron chi connectivity index (χ0n) is 12.6. The van der Waals surface area contributed by atoms with Gasteiger partial charge in [0, 0.05) is 29.0 Å². The highest BCUT2D eigenvalue weighted by Gasteiger charge is 2.32. The predicted molar refractivity (Wildman–Crippen MR) is 91.7 cm³/mol. The summed E-state index contributed by atoms with van der Waals surface area (Å²) in [7, 11) is 0. The molecule has 0 saturated carbocycles. The second-order valence-corrected chi connectivity index (χ2v) is 6.82. The van der Waals surface area contributed by atoms with Crippen molar-refractivity contribution < 1.29 is 5.11 Å². The van der Waals surface area contributed by atoms with E-state index < -0.39 is 5.60 Å². The van der Waals surface area contributed by atoms with E-state index in [0.29, 0.717) is 6.42 Å². The van der Waals surface area contributed by atoms with Crippen molar-refractivity contribution in [3.8, 4) is 0 Å². The SMILES string of the molecule is OC(CCN1CCCC1)(c1ccc(Br)cc1)c1cccnc1. The average molecular weight is 361 g/mol. The van der Waals surface area contributed by atoms with Crippen LogP contribution in [0.4, 0.5) is 0 Å². The molecule has 1 aromatic heterocycles. The van der Waals surface area contributed by atoms with Gasteiger partial charge < -0.3 is 10.0 Å². The number of aromatic nitrogens is 1. The van der Waals surface area contributed by atoms with Gasteiger partial charge in [0.05, 0.1) is 0 Å². The fourth-order valence-corrected chi connectivity index (χ4v) is 3.38. The van der Waals surface area contributed by atoms with Crippen molar-refractivity contribution in [2.45, 2.75) is 24.9 Å². The van der Waals surface area contributed by atoms with E-state index >= 15 is 0 Å². The lowest BCUT2D eigenvalue weighted by Gasteiger charge is -2.31. The molecule has 0 aliphatic carbocycles. The monoisotopic (exact) mass is 360 g/mol. The van der Waals surface area contributed by atoms with Crippen LogP contribution in [0.2, 0.25) is 0 Å². The maximum Gasteiger partial charge on any atom is 0.117 e. The van der Waals surface area contributed by atoms with Crippen molar-refractivity contribution in [1.29, 1.82) is 0 Å². The van der Waals surface area contributed by atoms with Crippen molar-refractivity contribution in [2.24, 2.45) is 0 Å². The van der Waals surface area contributed by atoms with E-state index in [-0.39, 0.29) is 0 Å². The summed E-state index contributed by atoms with van der Waals surface area (Å²) in [6, 6.07) is 11.8. The van der Waals surface area contributed by atoms with Crippen molar-refractivity contribution in [3.05, 3.63) is 64.4 Å². The Morgan fingerprint density at radius 1 is 1.09 bits per heavy atom. The third kappa shape index (κ3) is 3.40. The maximum absolute atomic E-state index is 11.4. The molecule has 116 valence electrons. The van der Waals surface area contributed by atoms with Crippen LogP contribution in [0.1, 0.15) is 30.4 Å². The van der Waals surface area contributed by atoms with E-state index in [4.69, 9.17) is 0 Å². The number of likely N-dealkylation sites (tertiary alicyclic amines) is 1. The van der Waals surface area contributed by atoms with Crippen LogP contribution in [-0.4, -0.2) is 34.6 Å². The van der Waals surface area contributed by atoms with Crippen molar-refractivity contribution in [1.82, 2.24) is 9.88 Å². The molecule has 2 aromatic rings. The van der Waals surface area contributed by atoms with Crippen LogP contribution in [0.15, 0.2) is 53.3 Å². The molecule has 0 spiro atoms. The first-order valence-corrected chi connectivity index (χ1v) is 8.59. The molecule has 1 atom stereocenters. The number of hydrogen-bond donors (Lipinski definition) is 1. The van der Waals surface area contributed by atoms with Gasteiger partial charge in [0.2, 0.25) is 0 Å². The number of aliphatic hydroxyl groups is 1. The minimum atomic E-state index is -0.989. The van der Waals surface area contributed by atoms with Gasteiger partial charge in [0.25, 0.3) is 0 Å². The summed E-state index contributed by atoms with van der Waals surface area (Å²) in [6.45, 7) is 3.19. The summed E-state index contributed by atoms with van der Waals surface area (Å²) >= 11 is 3.46. The van der Waals surface area contributed by atoms with Crippen LogP contribution in [-0.2, 0) is 5.60 Å². The smallest absolute Gasteiger partial charge is 0.117 e. The van der Waals surface area contributed by atoms with Crippen molar-refractivity contribution in [2.75, 3.05) is 19.6 Å². The summed E-state index contributed by atoms with van der Waals surface area (Å²) in [5.74, 6) is 0. The van der Waals surface area contributed by atoms with Crippen LogP contribution in [0.3, 0.4) is 0 Å². The molecule has 4 heteroatoms. The number of hydrogen-bond acceptors (Lipinski definition) is 3. The van der Waals surface area contributed by atoms with E-state index in [9.17, 15) is 5.11 Å². The molecule has 3 rings (SSSR count). The van der Waals surface area contributed by atoms with Crippen LogP contribution in [0, 0.1) is 0 Å². The number of pyridine rings is 1. The maximum atomic E-state index is 11.4. The van der Waals surface area contributed by atoms with Crippen LogP contribution < -0.4 is 0 Å². The molecule has 1 aliphatic rings. The molecule has 1 aliphatic heterocycles. The minimum absolute atomic E-state index is 0.681. The average Bonchev–Trinajstić information content (AvgIpc) is 3.08. The normalized spacial score (nSPS) is 18.3. The number of halogens is 1. The summed E-state index contributed by atoms with van der Waals surface area (Å²) in [4.78, 5) is 6.62. The second-order valence-electron chi connectivity index (χ2n) is 5.91. The summed E-state index contributed by atoms with van der Waals surface area (Å²) in [6.07, 6.45) is 6.73.